The summed E-state index contributed by atoms with van der Waals surface area (Å²) in [5, 5.41) is 0. The minimum Gasteiger partial charge on any atom is -0.496 e. The van der Waals surface area contributed by atoms with Gasteiger partial charge >= 0.3 is 5.97 Å². The number of esters is 1. The van der Waals surface area contributed by atoms with Gasteiger partial charge < -0.3 is 14.2 Å². The Morgan fingerprint density at radius 1 is 1.07 bits per heavy atom. The van der Waals surface area contributed by atoms with Crippen molar-refractivity contribution >= 4 is 33.8 Å². The molecule has 3 aromatic carbocycles. The van der Waals surface area contributed by atoms with Crippen LogP contribution >= 0.6 is 15.9 Å². The molecule has 0 saturated carbocycles. The van der Waals surface area contributed by atoms with Crippen LogP contribution in [0, 0.1) is 6.92 Å². The number of methoxy groups -OCH3 is 1. The van der Waals surface area contributed by atoms with Crippen LogP contribution in [0.2, 0.25) is 0 Å². The summed E-state index contributed by atoms with van der Waals surface area (Å²) >= 11 is 3.33. The third-order valence-electron chi connectivity index (χ3n) is 4.66. The molecule has 0 spiro atoms. The average Bonchev–Trinajstić information content (AvgIpc) is 3.04. The lowest BCUT2D eigenvalue weighted by Gasteiger charge is -2.08. The predicted molar refractivity (Wildman–Crippen MR) is 116 cm³/mol. The highest BCUT2D eigenvalue weighted by atomic mass is 79.9. The van der Waals surface area contributed by atoms with E-state index in [0.717, 1.165) is 10.0 Å². The molecule has 1 heterocycles. The molecule has 30 heavy (non-hydrogen) atoms. The number of carbonyl (C=O) groups is 2. The second kappa shape index (κ2) is 8.16. The Bertz CT molecular complexity index is 1180. The highest BCUT2D eigenvalue weighted by molar-refractivity contribution is 9.10. The van der Waals surface area contributed by atoms with Crippen LogP contribution in [0.5, 0.6) is 17.2 Å². The van der Waals surface area contributed by atoms with E-state index in [1.807, 2.05) is 24.3 Å². The summed E-state index contributed by atoms with van der Waals surface area (Å²) in [7, 11) is 1.57. The van der Waals surface area contributed by atoms with Crippen molar-refractivity contribution in [2.45, 2.75) is 6.92 Å². The van der Waals surface area contributed by atoms with Crippen molar-refractivity contribution in [3.8, 4) is 17.2 Å². The van der Waals surface area contributed by atoms with Crippen molar-refractivity contribution < 1.29 is 23.8 Å². The highest BCUT2D eigenvalue weighted by Gasteiger charge is 2.30. The molecule has 5 nitrogen and oxygen atoms in total. The summed E-state index contributed by atoms with van der Waals surface area (Å²) in [6.45, 7) is 1.78. The van der Waals surface area contributed by atoms with Crippen LogP contribution in [0.15, 0.2) is 70.9 Å². The van der Waals surface area contributed by atoms with Crippen LogP contribution in [0.25, 0.3) is 6.08 Å². The van der Waals surface area contributed by atoms with E-state index >= 15 is 0 Å². The number of ketones is 1. The van der Waals surface area contributed by atoms with E-state index in [1.165, 1.54) is 0 Å². The van der Waals surface area contributed by atoms with Crippen LogP contribution in [0.3, 0.4) is 0 Å². The largest absolute Gasteiger partial charge is 0.496 e. The van der Waals surface area contributed by atoms with Crippen molar-refractivity contribution in [2.24, 2.45) is 0 Å². The molecule has 4 rings (SSSR count). The minimum atomic E-state index is -0.490. The summed E-state index contributed by atoms with van der Waals surface area (Å²) in [6.07, 6.45) is 1.65. The molecule has 6 heteroatoms. The van der Waals surface area contributed by atoms with Gasteiger partial charge in [-0.15, -0.1) is 0 Å². The maximum atomic E-state index is 12.9. The molecule has 1 aliphatic heterocycles. The number of ether oxygens (including phenoxy) is 3. The first-order valence-corrected chi connectivity index (χ1v) is 9.95. The standard InChI is InChI=1S/C24H17BrO5/c1-14-11-18(29-24(27)15-7-9-17(25)10-8-15)13-20-22(14)23(26)21(30-20)12-16-5-3-4-6-19(16)28-2/h3-13H,1-2H3/b21-12-. The number of allylic oxidation sites excluding steroid dienone is 1. The van der Waals surface area contributed by atoms with Gasteiger partial charge in [0.05, 0.1) is 18.2 Å². The van der Waals surface area contributed by atoms with E-state index in [4.69, 9.17) is 14.2 Å². The Hall–Kier alpha value is -3.38. The Kier molecular flexibility index (Phi) is 5.42. The Balaban J connectivity index is 1.62. The Morgan fingerprint density at radius 2 is 1.80 bits per heavy atom. The van der Waals surface area contributed by atoms with Gasteiger partial charge in [0.2, 0.25) is 5.78 Å². The number of rotatable bonds is 4. The van der Waals surface area contributed by atoms with Crippen LogP contribution < -0.4 is 14.2 Å². The molecule has 0 aromatic heterocycles. The molecule has 0 aliphatic carbocycles. The Labute approximate surface area is 182 Å². The molecule has 0 radical (unpaired) electrons. The second-order valence-corrected chi connectivity index (χ2v) is 7.61. The number of para-hydroxylation sites is 1. The van der Waals surface area contributed by atoms with Gasteiger partial charge in [-0.25, -0.2) is 4.79 Å². The molecule has 150 valence electrons. The third-order valence-corrected chi connectivity index (χ3v) is 5.19. The van der Waals surface area contributed by atoms with Crippen LogP contribution in [0.4, 0.5) is 0 Å². The van der Waals surface area contributed by atoms with Gasteiger partial charge in [-0.2, -0.15) is 0 Å². The summed E-state index contributed by atoms with van der Waals surface area (Å²) in [6, 6.07) is 17.4. The molecule has 0 atom stereocenters. The number of hydrogen-bond donors (Lipinski definition) is 0. The zero-order valence-electron chi connectivity index (χ0n) is 16.3. The number of halogens is 1. The smallest absolute Gasteiger partial charge is 0.343 e. The summed E-state index contributed by atoms with van der Waals surface area (Å²) < 4.78 is 17.5. The fourth-order valence-corrected chi connectivity index (χ4v) is 3.48. The number of hydrogen-bond acceptors (Lipinski definition) is 5. The summed E-state index contributed by atoms with van der Waals surface area (Å²) in [5.41, 5.74) is 2.28. The first kappa shape index (κ1) is 19.9. The minimum absolute atomic E-state index is 0.189. The maximum Gasteiger partial charge on any atom is 0.343 e. The quantitative estimate of drug-likeness (QED) is 0.285. The lowest BCUT2D eigenvalue weighted by Crippen LogP contribution is -2.08. The first-order chi connectivity index (χ1) is 14.5. The van der Waals surface area contributed by atoms with Crippen molar-refractivity contribution in [1.82, 2.24) is 0 Å². The molecule has 0 unspecified atom stereocenters. The number of carbonyl (C=O) groups excluding carboxylic acids is 2. The predicted octanol–water partition coefficient (Wildman–Crippen LogP) is 5.60. The average molecular weight is 465 g/mol. The number of aryl methyl sites for hydroxylation is 1. The normalized spacial score (nSPS) is 13.7. The van der Waals surface area contributed by atoms with E-state index < -0.39 is 5.97 Å². The van der Waals surface area contributed by atoms with Crippen LogP contribution in [-0.2, 0) is 0 Å². The number of fused-ring (bicyclic) bond motifs is 1. The van der Waals surface area contributed by atoms with Crippen molar-refractivity contribution in [3.63, 3.8) is 0 Å². The van der Waals surface area contributed by atoms with Crippen molar-refractivity contribution in [2.75, 3.05) is 7.11 Å². The summed E-state index contributed by atoms with van der Waals surface area (Å²) in [4.78, 5) is 25.3. The van der Waals surface area contributed by atoms with Gasteiger partial charge in [-0.1, -0.05) is 34.1 Å². The zero-order chi connectivity index (χ0) is 21.3. The fraction of sp³-hybridized carbons (Fsp3) is 0.0833. The van der Waals surface area contributed by atoms with Gasteiger partial charge in [0, 0.05) is 16.1 Å². The monoisotopic (exact) mass is 464 g/mol. The van der Waals surface area contributed by atoms with E-state index in [-0.39, 0.29) is 11.5 Å². The van der Waals surface area contributed by atoms with Gasteiger partial charge in [-0.05, 0) is 55.0 Å². The van der Waals surface area contributed by atoms with Crippen LogP contribution in [0.1, 0.15) is 31.8 Å². The highest BCUT2D eigenvalue weighted by Crippen LogP contribution is 2.38. The van der Waals surface area contributed by atoms with Gasteiger partial charge in [0.15, 0.2) is 5.76 Å². The molecular weight excluding hydrogens is 448 g/mol. The first-order valence-electron chi connectivity index (χ1n) is 9.16. The Morgan fingerprint density at radius 3 is 2.53 bits per heavy atom. The topological polar surface area (TPSA) is 61.8 Å². The second-order valence-electron chi connectivity index (χ2n) is 6.69. The molecular formula is C24H17BrO5. The van der Waals surface area contributed by atoms with Gasteiger partial charge in [-0.3, -0.25) is 4.79 Å². The van der Waals surface area contributed by atoms with E-state index in [2.05, 4.69) is 15.9 Å². The molecule has 0 bridgehead atoms. The van der Waals surface area contributed by atoms with Gasteiger partial charge in [0.1, 0.15) is 17.2 Å². The van der Waals surface area contributed by atoms with Gasteiger partial charge in [0.25, 0.3) is 0 Å². The lowest BCUT2D eigenvalue weighted by molar-refractivity contribution is 0.0734. The number of Topliss-reactive ketones (excluding diaryl/α,β-unsaturated/α-hetero) is 1. The molecule has 1 aliphatic rings. The van der Waals surface area contributed by atoms with Crippen molar-refractivity contribution in [1.29, 1.82) is 0 Å². The fourth-order valence-electron chi connectivity index (χ4n) is 3.22. The summed E-state index contributed by atoms with van der Waals surface area (Å²) in [5.74, 6) is 0.785. The zero-order valence-corrected chi connectivity index (χ0v) is 17.9. The maximum absolute atomic E-state index is 12.9. The number of benzene rings is 3. The SMILES string of the molecule is COc1ccccc1/C=C1\Oc2cc(OC(=O)c3ccc(Br)cc3)cc(C)c2C1=O. The van der Waals surface area contributed by atoms with E-state index in [1.54, 1.807) is 56.5 Å². The molecule has 0 amide bonds. The molecule has 0 saturated heterocycles. The third kappa shape index (κ3) is 3.86. The van der Waals surface area contributed by atoms with Crippen molar-refractivity contribution in [3.05, 3.63) is 93.1 Å². The van der Waals surface area contributed by atoms with E-state index in [0.29, 0.717) is 33.9 Å². The lowest BCUT2D eigenvalue weighted by atomic mass is 10.0. The van der Waals surface area contributed by atoms with Crippen LogP contribution in [-0.4, -0.2) is 18.9 Å². The van der Waals surface area contributed by atoms with E-state index in [9.17, 15) is 9.59 Å². The molecule has 3 aromatic rings. The molecule has 0 N–H and O–H groups in total. The molecule has 0 fully saturated rings.